The van der Waals surface area contributed by atoms with Crippen LogP contribution in [0.3, 0.4) is 0 Å². The van der Waals surface area contributed by atoms with E-state index in [1.807, 2.05) is 0 Å². The number of carbonyl (C=O) groups is 1. The third kappa shape index (κ3) is 4.46. The van der Waals surface area contributed by atoms with Crippen LogP contribution >= 0.6 is 23.2 Å². The molecule has 3 aromatic carbocycles. The molecule has 0 radical (unpaired) electrons. The van der Waals surface area contributed by atoms with Crippen molar-refractivity contribution in [3.63, 3.8) is 0 Å². The minimum Gasteiger partial charge on any atom is -0.383 e. The van der Waals surface area contributed by atoms with E-state index in [1.165, 1.54) is 13.2 Å². The van der Waals surface area contributed by atoms with Gasteiger partial charge in [0.05, 0.1) is 12.3 Å². The van der Waals surface area contributed by atoms with Gasteiger partial charge in [0.1, 0.15) is 0 Å². The van der Waals surface area contributed by atoms with Crippen LogP contribution in [0.1, 0.15) is 21.5 Å². The predicted octanol–water partition coefficient (Wildman–Crippen LogP) is 5.86. The van der Waals surface area contributed by atoms with Crippen molar-refractivity contribution >= 4 is 45.6 Å². The number of fused-ring (bicyclic) bond motifs is 1. The van der Waals surface area contributed by atoms with Gasteiger partial charge in [-0.05, 0) is 41.1 Å². The molecule has 0 saturated heterocycles. The highest BCUT2D eigenvalue weighted by Crippen LogP contribution is 2.48. The highest BCUT2D eigenvalue weighted by Gasteiger charge is 2.59. The SMILES string of the molecule is COCCNC(=O)c1ccc(C2=CC(c3cc(Cl)cc(Cl)c3)(C(F)(F)F)ON2)c2ccccc12. The Kier molecular flexibility index (Phi) is 6.78. The molecule has 4 rings (SSSR count). The summed E-state index contributed by atoms with van der Waals surface area (Å²) in [5, 5.41) is 4.00. The van der Waals surface area contributed by atoms with Gasteiger partial charge in [-0.2, -0.15) is 13.2 Å². The molecule has 0 saturated carbocycles. The van der Waals surface area contributed by atoms with Crippen LogP contribution in [0.4, 0.5) is 13.2 Å². The van der Waals surface area contributed by atoms with Crippen LogP contribution in [0, 0.1) is 0 Å². The number of methoxy groups -OCH3 is 1. The molecule has 1 amide bonds. The molecule has 0 spiro atoms. The molecule has 0 bridgehead atoms. The largest absolute Gasteiger partial charge is 0.428 e. The fourth-order valence-corrected chi connectivity index (χ4v) is 4.36. The number of rotatable bonds is 6. The van der Waals surface area contributed by atoms with Crippen LogP contribution in [0.25, 0.3) is 16.5 Å². The normalized spacial score (nSPS) is 18.0. The number of alkyl halides is 3. The zero-order valence-electron chi connectivity index (χ0n) is 17.8. The Hall–Kier alpha value is -2.78. The van der Waals surface area contributed by atoms with E-state index in [2.05, 4.69) is 10.8 Å². The fraction of sp³-hybridized carbons (Fsp3) is 0.208. The Morgan fingerprint density at radius 2 is 1.76 bits per heavy atom. The van der Waals surface area contributed by atoms with Crippen LogP contribution in [0.2, 0.25) is 10.0 Å². The molecular weight excluding hydrogens is 492 g/mol. The maximum atomic E-state index is 14.3. The molecule has 1 unspecified atom stereocenters. The van der Waals surface area contributed by atoms with E-state index in [9.17, 15) is 18.0 Å². The monoisotopic (exact) mass is 510 g/mol. The molecule has 1 heterocycles. The first-order valence-corrected chi connectivity index (χ1v) is 10.9. The van der Waals surface area contributed by atoms with Crippen molar-refractivity contribution in [2.24, 2.45) is 0 Å². The minimum absolute atomic E-state index is 0.0471. The number of hydrogen-bond donors (Lipinski definition) is 2. The molecule has 3 aromatic rings. The first-order valence-electron chi connectivity index (χ1n) is 10.2. The Balaban J connectivity index is 1.82. The van der Waals surface area contributed by atoms with Crippen molar-refractivity contribution < 1.29 is 27.5 Å². The van der Waals surface area contributed by atoms with Crippen molar-refractivity contribution in [2.75, 3.05) is 20.3 Å². The topological polar surface area (TPSA) is 59.6 Å². The highest BCUT2D eigenvalue weighted by molar-refractivity contribution is 6.34. The predicted molar refractivity (Wildman–Crippen MR) is 125 cm³/mol. The van der Waals surface area contributed by atoms with Gasteiger partial charge in [-0.1, -0.05) is 53.5 Å². The number of hydroxylamine groups is 1. The van der Waals surface area contributed by atoms with Gasteiger partial charge in [-0.15, -0.1) is 0 Å². The van der Waals surface area contributed by atoms with Crippen LogP contribution in [0.15, 0.2) is 60.7 Å². The zero-order chi connectivity index (χ0) is 24.5. The maximum absolute atomic E-state index is 14.3. The molecule has 5 nitrogen and oxygen atoms in total. The van der Waals surface area contributed by atoms with Crippen LogP contribution in [-0.4, -0.2) is 32.3 Å². The van der Waals surface area contributed by atoms with Gasteiger partial charge in [0.2, 0.25) is 5.60 Å². The van der Waals surface area contributed by atoms with E-state index in [1.54, 1.807) is 36.4 Å². The van der Waals surface area contributed by atoms with Crippen LogP contribution < -0.4 is 10.8 Å². The van der Waals surface area contributed by atoms with Gasteiger partial charge in [0.15, 0.2) is 0 Å². The lowest BCUT2D eigenvalue weighted by Gasteiger charge is -2.28. The van der Waals surface area contributed by atoms with Gasteiger partial charge >= 0.3 is 6.18 Å². The van der Waals surface area contributed by atoms with Crippen molar-refractivity contribution in [2.45, 2.75) is 11.8 Å². The molecule has 0 aromatic heterocycles. The van der Waals surface area contributed by atoms with E-state index < -0.39 is 11.8 Å². The van der Waals surface area contributed by atoms with E-state index in [4.69, 9.17) is 32.8 Å². The highest BCUT2D eigenvalue weighted by atomic mass is 35.5. The van der Waals surface area contributed by atoms with Gasteiger partial charge in [-0.25, -0.2) is 0 Å². The number of ether oxygens (including phenoxy) is 1. The lowest BCUT2D eigenvalue weighted by atomic mass is 9.90. The second-order valence-electron chi connectivity index (χ2n) is 7.61. The van der Waals surface area contributed by atoms with Gasteiger partial charge < -0.3 is 10.1 Å². The first-order chi connectivity index (χ1) is 16.2. The summed E-state index contributed by atoms with van der Waals surface area (Å²) in [6, 6.07) is 13.7. The van der Waals surface area contributed by atoms with Gasteiger partial charge in [-0.3, -0.25) is 15.1 Å². The summed E-state index contributed by atoms with van der Waals surface area (Å²) >= 11 is 11.9. The van der Waals surface area contributed by atoms with Crippen molar-refractivity contribution in [3.05, 3.63) is 87.4 Å². The Morgan fingerprint density at radius 3 is 2.41 bits per heavy atom. The number of hydrogen-bond acceptors (Lipinski definition) is 4. The number of halogens is 5. The number of benzene rings is 3. The van der Waals surface area contributed by atoms with Crippen LogP contribution in [-0.2, 0) is 15.2 Å². The molecule has 2 N–H and O–H groups in total. The molecule has 0 fully saturated rings. The Bertz CT molecular complexity index is 1260. The smallest absolute Gasteiger partial charge is 0.383 e. The van der Waals surface area contributed by atoms with Gasteiger partial charge in [0, 0.05) is 40.4 Å². The maximum Gasteiger partial charge on any atom is 0.428 e. The van der Waals surface area contributed by atoms with E-state index in [-0.39, 0.29) is 27.2 Å². The zero-order valence-corrected chi connectivity index (χ0v) is 19.3. The lowest BCUT2D eigenvalue weighted by Crippen LogP contribution is -2.42. The summed E-state index contributed by atoms with van der Waals surface area (Å²) < 4.78 is 47.9. The first kappa shape index (κ1) is 24.3. The average Bonchev–Trinajstić information content (AvgIpc) is 3.25. The molecule has 1 aliphatic heterocycles. The third-order valence-corrected chi connectivity index (χ3v) is 5.87. The van der Waals surface area contributed by atoms with Crippen molar-refractivity contribution in [3.8, 4) is 0 Å². The molecule has 178 valence electrons. The second kappa shape index (κ2) is 9.46. The van der Waals surface area contributed by atoms with Crippen molar-refractivity contribution in [1.82, 2.24) is 10.8 Å². The fourth-order valence-electron chi connectivity index (χ4n) is 3.84. The van der Waals surface area contributed by atoms with E-state index in [0.717, 1.165) is 18.2 Å². The Labute approximate surface area is 203 Å². The third-order valence-electron chi connectivity index (χ3n) is 5.43. The number of carbonyl (C=O) groups excluding carboxylic acids is 1. The number of nitrogens with one attached hydrogen (secondary N) is 2. The molecule has 10 heteroatoms. The molecule has 1 aliphatic rings. The number of amides is 1. The Morgan fingerprint density at radius 1 is 1.09 bits per heavy atom. The summed E-state index contributed by atoms with van der Waals surface area (Å²) in [4.78, 5) is 17.8. The van der Waals surface area contributed by atoms with E-state index >= 15 is 0 Å². The van der Waals surface area contributed by atoms with Crippen LogP contribution in [0.5, 0.6) is 0 Å². The summed E-state index contributed by atoms with van der Waals surface area (Å²) in [5.41, 5.74) is 0.266. The lowest BCUT2D eigenvalue weighted by molar-refractivity contribution is -0.269. The quantitative estimate of drug-likeness (QED) is 0.408. The molecule has 34 heavy (non-hydrogen) atoms. The second-order valence-corrected chi connectivity index (χ2v) is 8.48. The molecule has 1 atom stereocenters. The molecule has 0 aliphatic carbocycles. The summed E-state index contributed by atoms with van der Waals surface area (Å²) in [6.45, 7) is 0.672. The van der Waals surface area contributed by atoms with Crippen molar-refractivity contribution in [1.29, 1.82) is 0 Å². The summed E-state index contributed by atoms with van der Waals surface area (Å²) in [5.74, 6) is -0.317. The standard InChI is InChI=1S/C24H19Cl2F3N2O3/c1-33-9-8-30-22(32)20-7-6-19(17-4-2-3-5-18(17)20)21-13-23(34-31-21,24(27,28)29)14-10-15(25)12-16(26)11-14/h2-7,10-13,31H,8-9H2,1H3,(H,30,32). The molecular formula is C24H19Cl2F3N2O3. The summed E-state index contributed by atoms with van der Waals surface area (Å²) in [7, 11) is 1.53. The van der Waals surface area contributed by atoms with Gasteiger partial charge in [0.25, 0.3) is 5.91 Å². The summed E-state index contributed by atoms with van der Waals surface area (Å²) in [6.07, 6.45) is -3.87. The van der Waals surface area contributed by atoms with E-state index in [0.29, 0.717) is 35.1 Å². The minimum atomic E-state index is -4.83. The average molecular weight is 511 g/mol.